The molecule has 2 unspecified atom stereocenters. The Bertz CT molecular complexity index is 532. The van der Waals surface area contributed by atoms with E-state index in [1.54, 1.807) is 0 Å². The standard InChI is InChI=1S/C13H19F6N3O3/c1-6(4-10(24,12(14,15)16)13(17,18)19)25-5-7(23)9(2,20-3)11-8(21-11)22-11/h6,8,20-22,24H,4-5H2,1-3H3. The van der Waals surface area contributed by atoms with Crippen molar-refractivity contribution in [3.05, 3.63) is 0 Å². The van der Waals surface area contributed by atoms with Crippen LogP contribution in [-0.2, 0) is 9.53 Å². The van der Waals surface area contributed by atoms with E-state index in [-0.39, 0.29) is 6.17 Å². The van der Waals surface area contributed by atoms with E-state index in [0.29, 0.717) is 0 Å². The van der Waals surface area contributed by atoms with Gasteiger partial charge in [-0.15, -0.1) is 0 Å². The summed E-state index contributed by atoms with van der Waals surface area (Å²) in [6.07, 6.45) is -15.3. The van der Waals surface area contributed by atoms with Crippen LogP contribution in [0.3, 0.4) is 0 Å². The third-order valence-corrected chi connectivity index (χ3v) is 4.88. The zero-order chi connectivity index (χ0) is 19.5. The molecule has 2 atom stereocenters. The van der Waals surface area contributed by atoms with Crippen LogP contribution in [0.5, 0.6) is 0 Å². The third kappa shape index (κ3) is 3.14. The van der Waals surface area contributed by atoms with E-state index in [2.05, 4.69) is 16.0 Å². The molecule has 4 N–H and O–H groups in total. The molecule has 0 aromatic heterocycles. The molecule has 2 saturated heterocycles. The monoisotopic (exact) mass is 379 g/mol. The summed E-state index contributed by atoms with van der Waals surface area (Å²) in [4.78, 5) is 12.3. The Morgan fingerprint density at radius 3 is 2.00 bits per heavy atom. The molecule has 6 nitrogen and oxygen atoms in total. The average molecular weight is 379 g/mol. The zero-order valence-corrected chi connectivity index (χ0v) is 13.6. The van der Waals surface area contributed by atoms with Crippen molar-refractivity contribution >= 4 is 5.78 Å². The highest BCUT2D eigenvalue weighted by atomic mass is 19.4. The van der Waals surface area contributed by atoms with Crippen molar-refractivity contribution in [2.75, 3.05) is 13.7 Å². The van der Waals surface area contributed by atoms with E-state index in [4.69, 9.17) is 9.84 Å². The summed E-state index contributed by atoms with van der Waals surface area (Å²) in [7, 11) is 1.50. The van der Waals surface area contributed by atoms with Crippen LogP contribution in [0.2, 0.25) is 0 Å². The molecule has 0 aromatic rings. The molecule has 2 heterocycles. The molecule has 2 aliphatic rings. The third-order valence-electron chi connectivity index (χ3n) is 4.88. The molecule has 0 spiro atoms. The lowest BCUT2D eigenvalue weighted by atomic mass is 9.90. The van der Waals surface area contributed by atoms with Gasteiger partial charge in [0.15, 0.2) is 5.78 Å². The van der Waals surface area contributed by atoms with Gasteiger partial charge in [-0.2, -0.15) is 26.3 Å². The fraction of sp³-hybridized carbons (Fsp3) is 0.923. The summed E-state index contributed by atoms with van der Waals surface area (Å²) >= 11 is 0. The number of nitrogens with one attached hydrogen (secondary N) is 3. The van der Waals surface area contributed by atoms with Gasteiger partial charge in [0.2, 0.25) is 0 Å². The van der Waals surface area contributed by atoms with Crippen LogP contribution in [0.4, 0.5) is 26.3 Å². The molecule has 0 bridgehead atoms. The van der Waals surface area contributed by atoms with Crippen LogP contribution in [0.15, 0.2) is 0 Å². The molecule has 0 amide bonds. The topological polar surface area (TPSA) is 102 Å². The fourth-order valence-corrected chi connectivity index (χ4v) is 2.74. The molecule has 0 radical (unpaired) electrons. The maximum atomic E-state index is 12.7. The average Bonchev–Trinajstić information content (AvgIpc) is 3.30. The van der Waals surface area contributed by atoms with Crippen LogP contribution in [0, 0.1) is 0 Å². The lowest BCUT2D eigenvalue weighted by Crippen LogP contribution is -2.61. The largest absolute Gasteiger partial charge is 0.426 e. The quantitative estimate of drug-likeness (QED) is 0.360. The Hall–Kier alpha value is -0.950. The van der Waals surface area contributed by atoms with Gasteiger partial charge < -0.3 is 15.2 Å². The summed E-state index contributed by atoms with van der Waals surface area (Å²) < 4.78 is 80.8. The second kappa shape index (κ2) is 5.78. The van der Waals surface area contributed by atoms with Crippen molar-refractivity contribution in [2.24, 2.45) is 0 Å². The molecule has 12 heteroatoms. The first-order chi connectivity index (χ1) is 11.1. The summed E-state index contributed by atoms with van der Waals surface area (Å²) in [5, 5.41) is 17.8. The van der Waals surface area contributed by atoms with Gasteiger partial charge in [-0.05, 0) is 20.9 Å². The molecule has 0 aliphatic carbocycles. The van der Waals surface area contributed by atoms with Crippen molar-refractivity contribution in [1.82, 2.24) is 16.0 Å². The minimum atomic E-state index is -5.92. The number of hydrogen-bond donors (Lipinski definition) is 4. The van der Waals surface area contributed by atoms with E-state index in [1.165, 1.54) is 14.0 Å². The maximum absolute atomic E-state index is 12.7. The lowest BCUT2D eigenvalue weighted by Gasteiger charge is -2.34. The number of ketones is 1. The Balaban J connectivity index is 1.98. The number of ether oxygens (including phenoxy) is 1. The van der Waals surface area contributed by atoms with Crippen molar-refractivity contribution in [3.8, 4) is 0 Å². The molecule has 2 rings (SSSR count). The van der Waals surface area contributed by atoms with Gasteiger partial charge in [0.1, 0.15) is 17.8 Å². The van der Waals surface area contributed by atoms with Gasteiger partial charge in [0.25, 0.3) is 5.60 Å². The molecular formula is C13H19F6N3O3. The van der Waals surface area contributed by atoms with Crippen molar-refractivity contribution in [2.45, 2.75) is 61.7 Å². The van der Waals surface area contributed by atoms with E-state index in [9.17, 15) is 31.1 Å². The molecular weight excluding hydrogens is 360 g/mol. The van der Waals surface area contributed by atoms with Crippen LogP contribution < -0.4 is 16.0 Å². The molecule has 2 aliphatic heterocycles. The van der Waals surface area contributed by atoms with Gasteiger partial charge in [-0.3, -0.25) is 15.4 Å². The van der Waals surface area contributed by atoms with Crippen LogP contribution >= 0.6 is 0 Å². The molecule has 2 fully saturated rings. The Morgan fingerprint density at radius 2 is 1.68 bits per heavy atom. The number of halogens is 6. The number of alkyl halides is 6. The second-order valence-corrected chi connectivity index (χ2v) is 6.51. The highest BCUT2D eigenvalue weighted by molar-refractivity contribution is 5.92. The van der Waals surface area contributed by atoms with Crippen molar-refractivity contribution in [3.63, 3.8) is 0 Å². The van der Waals surface area contributed by atoms with Gasteiger partial charge in [0, 0.05) is 6.42 Å². The van der Waals surface area contributed by atoms with Gasteiger partial charge in [-0.1, -0.05) is 0 Å². The minimum Gasteiger partial charge on any atom is -0.374 e. The number of Topliss-reactive ketones (excluding diaryl/α,β-unsaturated/α-hetero) is 1. The highest BCUT2D eigenvalue weighted by Crippen LogP contribution is 2.47. The SMILES string of the molecule is CNC(C)(C(=O)COC(C)CC(O)(C(F)(F)F)C(F)(F)F)C12NC1N2. The van der Waals surface area contributed by atoms with Gasteiger partial charge >= 0.3 is 12.4 Å². The minimum absolute atomic E-state index is 0.0631. The van der Waals surface area contributed by atoms with Crippen molar-refractivity contribution < 1.29 is 41.0 Å². The lowest BCUT2D eigenvalue weighted by molar-refractivity contribution is -0.374. The first kappa shape index (κ1) is 20.4. The van der Waals surface area contributed by atoms with Gasteiger partial charge in [0.05, 0.1) is 12.3 Å². The van der Waals surface area contributed by atoms with E-state index >= 15 is 0 Å². The van der Waals surface area contributed by atoms with Crippen LogP contribution in [0.25, 0.3) is 0 Å². The normalized spacial score (nSPS) is 29.6. The molecule has 0 saturated carbocycles. The molecule has 0 aromatic carbocycles. The van der Waals surface area contributed by atoms with E-state index in [1.807, 2.05) is 0 Å². The number of rotatable bonds is 8. The van der Waals surface area contributed by atoms with E-state index < -0.39 is 54.1 Å². The number of fused-ring (bicyclic) bond motifs is 1. The first-order valence-electron chi connectivity index (χ1n) is 7.39. The predicted octanol–water partition coefficient (Wildman–Crippen LogP) is 0.413. The van der Waals surface area contributed by atoms with Crippen LogP contribution in [0.1, 0.15) is 20.3 Å². The summed E-state index contributed by atoms with van der Waals surface area (Å²) in [5.74, 6) is -0.551. The Kier molecular flexibility index (Phi) is 4.70. The number of aliphatic hydroxyl groups is 1. The van der Waals surface area contributed by atoms with Crippen molar-refractivity contribution in [1.29, 1.82) is 0 Å². The fourth-order valence-electron chi connectivity index (χ4n) is 2.74. The molecule has 146 valence electrons. The number of likely N-dealkylation sites (N-methyl/N-ethyl adjacent to an activating group) is 1. The maximum Gasteiger partial charge on any atom is 0.426 e. The number of carbonyl (C=O) groups excluding carboxylic acids is 1. The van der Waals surface area contributed by atoms with Crippen LogP contribution in [-0.4, -0.2) is 66.0 Å². The summed E-state index contributed by atoms with van der Waals surface area (Å²) in [6, 6.07) is 0. The predicted molar refractivity (Wildman–Crippen MR) is 72.4 cm³/mol. The molecule has 25 heavy (non-hydrogen) atoms. The van der Waals surface area contributed by atoms with E-state index in [0.717, 1.165) is 6.92 Å². The summed E-state index contributed by atoms with van der Waals surface area (Å²) in [5.41, 5.74) is -6.71. The summed E-state index contributed by atoms with van der Waals surface area (Å²) in [6.45, 7) is 1.76. The highest BCUT2D eigenvalue weighted by Gasteiger charge is 2.80. The first-order valence-corrected chi connectivity index (χ1v) is 7.39. The number of hydrogen-bond acceptors (Lipinski definition) is 6. The Labute approximate surface area is 139 Å². The number of carbonyl (C=O) groups is 1. The zero-order valence-electron chi connectivity index (χ0n) is 13.6. The Morgan fingerprint density at radius 1 is 1.24 bits per heavy atom. The van der Waals surface area contributed by atoms with Gasteiger partial charge in [-0.25, -0.2) is 0 Å². The smallest absolute Gasteiger partial charge is 0.374 e. The second-order valence-electron chi connectivity index (χ2n) is 6.51.